The second kappa shape index (κ2) is 9.03. The van der Waals surface area contributed by atoms with Crippen molar-refractivity contribution < 1.29 is 23.6 Å². The van der Waals surface area contributed by atoms with E-state index in [0.29, 0.717) is 47.2 Å². The quantitative estimate of drug-likeness (QED) is 0.499. The molecule has 0 aliphatic carbocycles. The Labute approximate surface area is 205 Å². The van der Waals surface area contributed by atoms with E-state index in [1.807, 2.05) is 25.1 Å². The molecule has 180 valence electrons. The molecule has 11 heteroatoms. The number of carbonyl (C=O) groups is 3. The largest absolute Gasteiger partial charge is 0.495 e. The molecule has 1 aromatic heterocycles. The van der Waals surface area contributed by atoms with Crippen LogP contribution in [-0.2, 0) is 22.7 Å². The molecular weight excluding hydrogens is 474 g/mol. The molecule has 35 heavy (non-hydrogen) atoms. The fourth-order valence-electron chi connectivity index (χ4n) is 4.40. The van der Waals surface area contributed by atoms with Crippen molar-refractivity contribution in [2.75, 3.05) is 12.4 Å². The fraction of sp³-hybridized carbons (Fsp3) is 0.292. The van der Waals surface area contributed by atoms with E-state index in [1.165, 1.54) is 4.90 Å². The maximum absolute atomic E-state index is 12.8. The molecule has 0 bridgehead atoms. The number of methoxy groups -OCH3 is 1. The highest BCUT2D eigenvalue weighted by Crippen LogP contribution is 2.36. The molecule has 2 aliphatic heterocycles. The summed E-state index contributed by atoms with van der Waals surface area (Å²) in [6.07, 6.45) is 0.549. The number of nitrogens with zero attached hydrogens (tertiary/aromatic N) is 3. The van der Waals surface area contributed by atoms with Gasteiger partial charge in [0.2, 0.25) is 17.6 Å². The number of imide groups is 1. The third-order valence-electron chi connectivity index (χ3n) is 6.20. The highest BCUT2D eigenvalue weighted by Gasteiger charge is 2.39. The van der Waals surface area contributed by atoms with E-state index in [9.17, 15) is 14.4 Å². The molecule has 0 radical (unpaired) electrons. The summed E-state index contributed by atoms with van der Waals surface area (Å²) in [6.45, 7) is 2.59. The lowest BCUT2D eigenvalue weighted by Crippen LogP contribution is -2.52. The van der Waals surface area contributed by atoms with E-state index in [1.54, 1.807) is 19.2 Å². The summed E-state index contributed by atoms with van der Waals surface area (Å²) in [7, 11) is 1.55. The van der Waals surface area contributed by atoms with Crippen molar-refractivity contribution in [1.82, 2.24) is 20.4 Å². The molecule has 1 unspecified atom stereocenters. The molecule has 1 atom stereocenters. The van der Waals surface area contributed by atoms with Gasteiger partial charge in [0.15, 0.2) is 0 Å². The monoisotopic (exact) mass is 495 g/mol. The van der Waals surface area contributed by atoms with Gasteiger partial charge in [0, 0.05) is 30.6 Å². The van der Waals surface area contributed by atoms with Gasteiger partial charge in [-0.1, -0.05) is 35.0 Å². The molecule has 3 heterocycles. The predicted octanol–water partition coefficient (Wildman–Crippen LogP) is 3.08. The summed E-state index contributed by atoms with van der Waals surface area (Å²) in [5.74, 6) is -0.0572. The smallest absolute Gasteiger partial charge is 0.322 e. The Morgan fingerprint density at radius 2 is 2.03 bits per heavy atom. The SMILES string of the molecule is COc1c(C)ccc(-c2noc(NCc3ccc4c(c3)CN(C3CCC(=O)NC3=O)C4=O)n2)c1Cl. The first-order valence-corrected chi connectivity index (χ1v) is 11.4. The zero-order valence-electron chi connectivity index (χ0n) is 19.1. The van der Waals surface area contributed by atoms with Gasteiger partial charge in [-0.25, -0.2) is 0 Å². The van der Waals surface area contributed by atoms with E-state index < -0.39 is 11.9 Å². The highest BCUT2D eigenvalue weighted by atomic mass is 35.5. The van der Waals surface area contributed by atoms with Gasteiger partial charge in [0.25, 0.3) is 5.91 Å². The van der Waals surface area contributed by atoms with Crippen LogP contribution in [0.4, 0.5) is 6.01 Å². The van der Waals surface area contributed by atoms with Gasteiger partial charge in [-0.15, -0.1) is 0 Å². The molecule has 3 aromatic rings. The molecule has 0 saturated carbocycles. The van der Waals surface area contributed by atoms with Gasteiger partial charge < -0.3 is 19.5 Å². The minimum absolute atomic E-state index is 0.207. The van der Waals surface area contributed by atoms with E-state index in [0.717, 1.165) is 16.7 Å². The fourth-order valence-corrected chi connectivity index (χ4v) is 4.77. The van der Waals surface area contributed by atoms with E-state index in [4.69, 9.17) is 20.9 Å². The number of hydrogen-bond acceptors (Lipinski definition) is 8. The number of aromatic nitrogens is 2. The Morgan fingerprint density at radius 3 is 2.80 bits per heavy atom. The molecule has 5 rings (SSSR count). The van der Waals surface area contributed by atoms with Gasteiger partial charge >= 0.3 is 6.01 Å². The van der Waals surface area contributed by atoms with Crippen LogP contribution < -0.4 is 15.4 Å². The molecule has 2 aliphatic rings. The highest BCUT2D eigenvalue weighted by molar-refractivity contribution is 6.34. The minimum Gasteiger partial charge on any atom is -0.495 e. The third kappa shape index (κ3) is 4.21. The minimum atomic E-state index is -0.641. The second-order valence-corrected chi connectivity index (χ2v) is 8.82. The molecule has 3 amide bonds. The van der Waals surface area contributed by atoms with Gasteiger partial charge in [-0.05, 0) is 42.2 Å². The first-order valence-electron chi connectivity index (χ1n) is 11.0. The maximum atomic E-state index is 12.8. The van der Waals surface area contributed by atoms with Crippen LogP contribution in [0.2, 0.25) is 5.02 Å². The number of halogens is 1. The Balaban J connectivity index is 1.27. The average Bonchev–Trinajstić information content (AvgIpc) is 3.42. The Morgan fingerprint density at radius 1 is 1.23 bits per heavy atom. The summed E-state index contributed by atoms with van der Waals surface area (Å²) in [6, 6.07) is 8.74. The number of anilines is 1. The van der Waals surface area contributed by atoms with Crippen molar-refractivity contribution in [2.45, 2.75) is 38.9 Å². The number of amides is 3. The number of aryl methyl sites for hydroxylation is 1. The maximum Gasteiger partial charge on any atom is 0.322 e. The zero-order valence-corrected chi connectivity index (χ0v) is 19.8. The van der Waals surface area contributed by atoms with Gasteiger partial charge in [0.1, 0.15) is 11.8 Å². The Hall–Kier alpha value is -3.92. The Kier molecular flexibility index (Phi) is 5.89. The van der Waals surface area contributed by atoms with Crippen LogP contribution >= 0.6 is 11.6 Å². The van der Waals surface area contributed by atoms with Gasteiger partial charge in [-0.3, -0.25) is 19.7 Å². The van der Waals surface area contributed by atoms with Crippen LogP contribution in [0.15, 0.2) is 34.9 Å². The van der Waals surface area contributed by atoms with Crippen LogP contribution in [0.25, 0.3) is 11.4 Å². The lowest BCUT2D eigenvalue weighted by atomic mass is 10.0. The number of hydrogen-bond donors (Lipinski definition) is 2. The lowest BCUT2D eigenvalue weighted by Gasteiger charge is -2.29. The van der Waals surface area contributed by atoms with Crippen molar-refractivity contribution in [3.63, 3.8) is 0 Å². The number of carbonyl (C=O) groups excluding carboxylic acids is 3. The predicted molar refractivity (Wildman–Crippen MR) is 126 cm³/mol. The number of benzene rings is 2. The van der Waals surface area contributed by atoms with Crippen LogP contribution in [-0.4, -0.2) is 45.9 Å². The number of piperidine rings is 1. The molecule has 2 N–H and O–H groups in total. The Bertz CT molecular complexity index is 1350. The topological polar surface area (TPSA) is 127 Å². The van der Waals surface area contributed by atoms with E-state index >= 15 is 0 Å². The number of nitrogens with one attached hydrogen (secondary N) is 2. The van der Waals surface area contributed by atoms with Crippen LogP contribution in [0.3, 0.4) is 0 Å². The lowest BCUT2D eigenvalue weighted by molar-refractivity contribution is -0.136. The van der Waals surface area contributed by atoms with Gasteiger partial charge in [-0.2, -0.15) is 4.98 Å². The van der Waals surface area contributed by atoms with Gasteiger partial charge in [0.05, 0.1) is 12.1 Å². The van der Waals surface area contributed by atoms with Crippen molar-refractivity contribution >= 4 is 35.3 Å². The van der Waals surface area contributed by atoms with Crippen molar-refractivity contribution in [3.8, 4) is 17.1 Å². The van der Waals surface area contributed by atoms with E-state index in [-0.39, 0.29) is 24.2 Å². The first kappa shape index (κ1) is 22.9. The number of ether oxygens (including phenoxy) is 1. The summed E-state index contributed by atoms with van der Waals surface area (Å²) >= 11 is 6.44. The summed E-state index contributed by atoms with van der Waals surface area (Å²) in [4.78, 5) is 42.4. The molecular formula is C24H22ClN5O5. The van der Waals surface area contributed by atoms with Crippen LogP contribution in [0, 0.1) is 6.92 Å². The third-order valence-corrected chi connectivity index (χ3v) is 6.57. The van der Waals surface area contributed by atoms with Crippen molar-refractivity contribution in [3.05, 3.63) is 57.6 Å². The first-order chi connectivity index (χ1) is 16.9. The molecule has 10 nitrogen and oxygen atoms in total. The van der Waals surface area contributed by atoms with E-state index in [2.05, 4.69) is 20.8 Å². The summed E-state index contributed by atoms with van der Waals surface area (Å²) < 4.78 is 10.7. The average molecular weight is 496 g/mol. The second-order valence-electron chi connectivity index (χ2n) is 8.45. The molecule has 1 fully saturated rings. The summed E-state index contributed by atoms with van der Waals surface area (Å²) in [5, 5.41) is 9.81. The standard InChI is InChI=1S/C24H22ClN5O5/c1-12-3-5-16(19(25)20(12)34-2)21-28-24(35-29-21)26-10-13-4-6-15-14(9-13)11-30(23(15)33)17-7-8-18(31)27-22(17)32/h3-6,9,17H,7-8,10-11H2,1-2H3,(H,26,28,29)(H,27,31,32). The normalized spacial score (nSPS) is 17.4. The number of rotatable bonds is 6. The number of fused-ring (bicyclic) bond motifs is 1. The molecule has 2 aromatic carbocycles. The molecule has 1 saturated heterocycles. The summed E-state index contributed by atoms with van der Waals surface area (Å²) in [5.41, 5.74) is 3.77. The van der Waals surface area contributed by atoms with Crippen molar-refractivity contribution in [2.24, 2.45) is 0 Å². The molecule has 0 spiro atoms. The van der Waals surface area contributed by atoms with Crippen LogP contribution in [0.1, 0.15) is 39.9 Å². The van der Waals surface area contributed by atoms with Crippen LogP contribution in [0.5, 0.6) is 5.75 Å². The zero-order chi connectivity index (χ0) is 24.7. The van der Waals surface area contributed by atoms with Crippen molar-refractivity contribution in [1.29, 1.82) is 0 Å².